The fraction of sp³-hybridized carbons (Fsp3) is 0.409. The molecule has 31 heavy (non-hydrogen) atoms. The van der Waals surface area contributed by atoms with Gasteiger partial charge in [-0.25, -0.2) is 4.98 Å². The van der Waals surface area contributed by atoms with E-state index in [-0.39, 0.29) is 23.6 Å². The number of nitrogens with zero attached hydrogens (tertiary/aromatic N) is 3. The van der Waals surface area contributed by atoms with Crippen molar-refractivity contribution in [2.45, 2.75) is 57.8 Å². The van der Waals surface area contributed by atoms with Crippen LogP contribution in [0.5, 0.6) is 0 Å². The van der Waals surface area contributed by atoms with Gasteiger partial charge in [0.2, 0.25) is 0 Å². The number of hydrogen-bond donors (Lipinski definition) is 2. The average Bonchev–Trinajstić information content (AvgIpc) is 3.15. The third-order valence-electron chi connectivity index (χ3n) is 5.67. The molecule has 0 spiro atoms. The normalized spacial score (nSPS) is 19.4. The summed E-state index contributed by atoms with van der Waals surface area (Å²) in [5.41, 5.74) is 1.50. The standard InChI is InChI=1S/C22H24F3N5O/c1-13-6-11-17(14(2)26-13)21(31)28-16-9-7-15(8-10-16)27-19-4-3-5-20-29-18(12-30(19)20)22(23,24)25/h3-6,11-12,15-16,27H,7-10H2,1-2H3,(H,28,31)/t15-,16+. The second kappa shape index (κ2) is 8.20. The van der Waals surface area contributed by atoms with Crippen molar-refractivity contribution < 1.29 is 18.0 Å². The quantitative estimate of drug-likeness (QED) is 0.637. The molecule has 3 aromatic rings. The zero-order valence-corrected chi connectivity index (χ0v) is 17.3. The van der Waals surface area contributed by atoms with E-state index in [2.05, 4.69) is 20.6 Å². The monoisotopic (exact) mass is 431 g/mol. The predicted molar refractivity (Wildman–Crippen MR) is 111 cm³/mol. The summed E-state index contributed by atoms with van der Waals surface area (Å²) in [6.07, 6.45) is -0.294. The molecule has 0 atom stereocenters. The molecule has 9 heteroatoms. The average molecular weight is 431 g/mol. The first kappa shape index (κ1) is 21.1. The lowest BCUT2D eigenvalue weighted by Crippen LogP contribution is -2.40. The number of imidazole rings is 1. The van der Waals surface area contributed by atoms with E-state index in [1.165, 1.54) is 4.40 Å². The maximum atomic E-state index is 13.0. The Morgan fingerprint density at radius 2 is 1.74 bits per heavy atom. The molecule has 3 heterocycles. The van der Waals surface area contributed by atoms with Gasteiger partial charge in [0.25, 0.3) is 5.91 Å². The minimum absolute atomic E-state index is 0.0622. The van der Waals surface area contributed by atoms with E-state index < -0.39 is 11.9 Å². The molecule has 0 aromatic carbocycles. The molecule has 3 aromatic heterocycles. The molecule has 4 rings (SSSR count). The Labute approximate surface area is 177 Å². The van der Waals surface area contributed by atoms with E-state index in [9.17, 15) is 18.0 Å². The van der Waals surface area contributed by atoms with Crippen LogP contribution < -0.4 is 10.6 Å². The second-order valence-electron chi connectivity index (χ2n) is 8.02. The number of carbonyl (C=O) groups is 1. The van der Waals surface area contributed by atoms with Crippen LogP contribution in [0, 0.1) is 13.8 Å². The maximum Gasteiger partial charge on any atom is 0.434 e. The third kappa shape index (κ3) is 4.65. The molecule has 0 radical (unpaired) electrons. The van der Waals surface area contributed by atoms with E-state index >= 15 is 0 Å². The van der Waals surface area contributed by atoms with Gasteiger partial charge in [-0.2, -0.15) is 13.2 Å². The highest BCUT2D eigenvalue weighted by Gasteiger charge is 2.34. The van der Waals surface area contributed by atoms with Crippen LogP contribution in [-0.4, -0.2) is 32.4 Å². The van der Waals surface area contributed by atoms with Crippen molar-refractivity contribution in [3.05, 3.63) is 59.2 Å². The molecular weight excluding hydrogens is 407 g/mol. The lowest BCUT2D eigenvalue weighted by Gasteiger charge is -2.30. The van der Waals surface area contributed by atoms with Crippen molar-refractivity contribution >= 4 is 17.4 Å². The fourth-order valence-electron chi connectivity index (χ4n) is 4.05. The van der Waals surface area contributed by atoms with Gasteiger partial charge < -0.3 is 10.6 Å². The van der Waals surface area contributed by atoms with Crippen LogP contribution in [0.2, 0.25) is 0 Å². The van der Waals surface area contributed by atoms with E-state index in [4.69, 9.17) is 0 Å². The summed E-state index contributed by atoms with van der Waals surface area (Å²) in [7, 11) is 0. The first-order chi connectivity index (χ1) is 14.7. The van der Waals surface area contributed by atoms with Gasteiger partial charge in [-0.15, -0.1) is 0 Å². The molecular formula is C22H24F3N5O. The van der Waals surface area contributed by atoms with Gasteiger partial charge in [0.15, 0.2) is 5.69 Å². The van der Waals surface area contributed by atoms with Crippen LogP contribution in [0.4, 0.5) is 19.0 Å². The van der Waals surface area contributed by atoms with E-state index in [1.807, 2.05) is 19.9 Å². The predicted octanol–water partition coefficient (Wildman–Crippen LogP) is 4.52. The highest BCUT2D eigenvalue weighted by molar-refractivity contribution is 5.95. The highest BCUT2D eigenvalue weighted by atomic mass is 19.4. The molecule has 0 aliphatic heterocycles. The van der Waals surface area contributed by atoms with Crippen LogP contribution in [0.25, 0.3) is 5.65 Å². The summed E-state index contributed by atoms with van der Waals surface area (Å²) in [6.45, 7) is 3.71. The number of nitrogens with one attached hydrogen (secondary N) is 2. The number of hydrogen-bond acceptors (Lipinski definition) is 4. The van der Waals surface area contributed by atoms with Crippen molar-refractivity contribution in [3.63, 3.8) is 0 Å². The summed E-state index contributed by atoms with van der Waals surface area (Å²) < 4.78 is 40.4. The molecule has 0 unspecified atom stereocenters. The molecule has 0 bridgehead atoms. The summed E-state index contributed by atoms with van der Waals surface area (Å²) in [5, 5.41) is 6.42. The second-order valence-corrected chi connectivity index (χ2v) is 8.02. The number of rotatable bonds is 4. The van der Waals surface area contributed by atoms with E-state index in [1.54, 1.807) is 24.3 Å². The van der Waals surface area contributed by atoms with Crippen LogP contribution in [0.15, 0.2) is 36.5 Å². The first-order valence-corrected chi connectivity index (χ1v) is 10.3. The topological polar surface area (TPSA) is 71.3 Å². The SMILES string of the molecule is Cc1ccc(C(=O)N[C@H]2CC[C@@H](Nc3cccc4nc(C(F)(F)F)cn34)CC2)c(C)n1. The lowest BCUT2D eigenvalue weighted by atomic mass is 9.91. The number of aryl methyl sites for hydroxylation is 2. The van der Waals surface area contributed by atoms with Gasteiger partial charge in [-0.05, 0) is 63.8 Å². The van der Waals surface area contributed by atoms with Crippen molar-refractivity contribution in [2.75, 3.05) is 5.32 Å². The molecule has 0 saturated heterocycles. The zero-order valence-electron chi connectivity index (χ0n) is 17.3. The number of fused-ring (bicyclic) bond motifs is 1. The number of alkyl halides is 3. The van der Waals surface area contributed by atoms with Crippen LogP contribution >= 0.6 is 0 Å². The van der Waals surface area contributed by atoms with Gasteiger partial charge in [-0.1, -0.05) is 6.07 Å². The molecule has 1 amide bonds. The summed E-state index contributed by atoms with van der Waals surface area (Å²) in [5.74, 6) is 0.457. The highest BCUT2D eigenvalue weighted by Crippen LogP contribution is 2.30. The van der Waals surface area contributed by atoms with Gasteiger partial charge >= 0.3 is 6.18 Å². The van der Waals surface area contributed by atoms with Crippen molar-refractivity contribution in [3.8, 4) is 0 Å². The largest absolute Gasteiger partial charge is 0.434 e. The molecule has 1 aliphatic carbocycles. The smallest absolute Gasteiger partial charge is 0.368 e. The van der Waals surface area contributed by atoms with Crippen LogP contribution in [0.1, 0.15) is 53.1 Å². The molecule has 1 aliphatic rings. The first-order valence-electron chi connectivity index (χ1n) is 10.3. The number of pyridine rings is 2. The summed E-state index contributed by atoms with van der Waals surface area (Å²) >= 11 is 0. The number of aromatic nitrogens is 3. The molecule has 164 valence electrons. The Hall–Kier alpha value is -3.10. The van der Waals surface area contributed by atoms with Crippen molar-refractivity contribution in [1.29, 1.82) is 0 Å². The van der Waals surface area contributed by atoms with Gasteiger partial charge in [0, 0.05) is 24.0 Å². The number of halogens is 3. The minimum atomic E-state index is -4.48. The Bertz CT molecular complexity index is 1100. The number of carbonyl (C=O) groups excluding carboxylic acids is 1. The molecule has 6 nitrogen and oxygen atoms in total. The van der Waals surface area contributed by atoms with Crippen molar-refractivity contribution in [2.24, 2.45) is 0 Å². The van der Waals surface area contributed by atoms with Crippen LogP contribution in [0.3, 0.4) is 0 Å². The molecule has 2 N–H and O–H groups in total. The Morgan fingerprint density at radius 1 is 1.03 bits per heavy atom. The van der Waals surface area contributed by atoms with Gasteiger partial charge in [-0.3, -0.25) is 14.2 Å². The number of amides is 1. The van der Waals surface area contributed by atoms with Gasteiger partial charge in [0.1, 0.15) is 11.5 Å². The summed E-state index contributed by atoms with van der Waals surface area (Å²) in [6, 6.07) is 8.77. The van der Waals surface area contributed by atoms with E-state index in [0.717, 1.165) is 37.6 Å². The lowest BCUT2D eigenvalue weighted by molar-refractivity contribution is -0.140. The van der Waals surface area contributed by atoms with Crippen molar-refractivity contribution in [1.82, 2.24) is 19.7 Å². The van der Waals surface area contributed by atoms with E-state index in [0.29, 0.717) is 17.1 Å². The zero-order chi connectivity index (χ0) is 22.2. The third-order valence-corrected chi connectivity index (χ3v) is 5.67. The molecule has 1 saturated carbocycles. The number of anilines is 1. The maximum absolute atomic E-state index is 13.0. The Kier molecular flexibility index (Phi) is 5.60. The van der Waals surface area contributed by atoms with Crippen LogP contribution in [-0.2, 0) is 6.18 Å². The molecule has 1 fully saturated rings. The van der Waals surface area contributed by atoms with Gasteiger partial charge in [0.05, 0.1) is 11.3 Å². The minimum Gasteiger partial charge on any atom is -0.368 e. The summed E-state index contributed by atoms with van der Waals surface area (Å²) in [4.78, 5) is 20.6. The Balaban J connectivity index is 1.37. The Morgan fingerprint density at radius 3 is 2.42 bits per heavy atom. The fourth-order valence-corrected chi connectivity index (χ4v) is 4.05.